The Morgan fingerprint density at radius 3 is 2.80 bits per heavy atom. The number of alkyl halides is 3. The van der Waals surface area contributed by atoms with Gasteiger partial charge in [0.2, 0.25) is 0 Å². The highest BCUT2D eigenvalue weighted by molar-refractivity contribution is 7.99. The molecule has 1 fully saturated rings. The first-order chi connectivity index (χ1) is 6.88. The number of carbonyl (C=O) groups excluding carboxylic acids is 1. The molecule has 0 saturated carbocycles. The van der Waals surface area contributed by atoms with Gasteiger partial charge in [-0.25, -0.2) is 4.79 Å². The second-order valence-electron chi connectivity index (χ2n) is 3.40. The lowest BCUT2D eigenvalue weighted by Crippen LogP contribution is -2.48. The fraction of sp³-hybridized carbons (Fsp3) is 0.875. The highest BCUT2D eigenvalue weighted by Gasteiger charge is 2.29. The molecule has 0 aromatic heterocycles. The molecule has 0 spiro atoms. The van der Waals surface area contributed by atoms with Gasteiger partial charge in [-0.2, -0.15) is 24.9 Å². The third-order valence-electron chi connectivity index (χ3n) is 1.97. The van der Waals surface area contributed by atoms with Gasteiger partial charge in [0, 0.05) is 24.1 Å². The van der Waals surface area contributed by atoms with Crippen LogP contribution in [0, 0.1) is 0 Å². The Kier molecular flexibility index (Phi) is 4.12. The third kappa shape index (κ3) is 4.63. The average molecular weight is 242 g/mol. The number of hydrogen-bond acceptors (Lipinski definition) is 2. The average Bonchev–Trinajstić information content (AvgIpc) is 2.13. The number of urea groups is 1. The van der Waals surface area contributed by atoms with Gasteiger partial charge >= 0.3 is 12.2 Å². The minimum absolute atomic E-state index is 0.287. The summed E-state index contributed by atoms with van der Waals surface area (Å²) in [5.74, 6) is 0.778. The molecular weight excluding hydrogens is 229 g/mol. The Bertz CT molecular complexity index is 234. The molecule has 1 atom stereocenters. The van der Waals surface area contributed by atoms with Crippen LogP contribution in [0.2, 0.25) is 0 Å². The van der Waals surface area contributed by atoms with Gasteiger partial charge in [-0.3, -0.25) is 0 Å². The molecule has 0 radical (unpaired) electrons. The summed E-state index contributed by atoms with van der Waals surface area (Å²) in [4.78, 5) is 12.7. The van der Waals surface area contributed by atoms with Crippen molar-refractivity contribution < 1.29 is 18.0 Å². The molecule has 2 amide bonds. The van der Waals surface area contributed by atoms with Gasteiger partial charge in [0.15, 0.2) is 0 Å². The van der Waals surface area contributed by atoms with Gasteiger partial charge in [-0.1, -0.05) is 6.92 Å². The van der Waals surface area contributed by atoms with Crippen molar-refractivity contribution in [3.05, 3.63) is 0 Å². The molecule has 0 bridgehead atoms. The molecule has 0 aliphatic carbocycles. The van der Waals surface area contributed by atoms with Gasteiger partial charge in [0.25, 0.3) is 0 Å². The molecule has 3 nitrogen and oxygen atoms in total. The summed E-state index contributed by atoms with van der Waals surface area (Å²) in [6, 6.07) is -0.625. The van der Waals surface area contributed by atoms with Crippen LogP contribution >= 0.6 is 11.8 Å². The van der Waals surface area contributed by atoms with E-state index in [0.717, 1.165) is 5.75 Å². The summed E-state index contributed by atoms with van der Waals surface area (Å²) in [7, 11) is 0. The van der Waals surface area contributed by atoms with E-state index >= 15 is 0 Å². The SMILES string of the molecule is CC1CN(C(=O)NCC(F)(F)F)CCS1. The Hall–Kier alpha value is -0.590. The summed E-state index contributed by atoms with van der Waals surface area (Å²) < 4.78 is 35.5. The van der Waals surface area contributed by atoms with Crippen LogP contribution in [0.4, 0.5) is 18.0 Å². The minimum atomic E-state index is -4.34. The maximum atomic E-state index is 11.8. The number of thioether (sulfide) groups is 1. The van der Waals surface area contributed by atoms with Crippen LogP contribution in [0.3, 0.4) is 0 Å². The molecule has 1 aliphatic rings. The second-order valence-corrected chi connectivity index (χ2v) is 4.95. The molecule has 1 N–H and O–H groups in total. The van der Waals surface area contributed by atoms with Crippen LogP contribution < -0.4 is 5.32 Å². The molecular formula is C8H13F3N2OS. The third-order valence-corrected chi connectivity index (χ3v) is 3.10. The first-order valence-electron chi connectivity index (χ1n) is 4.59. The predicted molar refractivity (Wildman–Crippen MR) is 52.9 cm³/mol. The van der Waals surface area contributed by atoms with Crippen molar-refractivity contribution in [2.75, 3.05) is 25.4 Å². The van der Waals surface area contributed by atoms with E-state index < -0.39 is 18.8 Å². The van der Waals surface area contributed by atoms with Crippen molar-refractivity contribution in [2.45, 2.75) is 18.3 Å². The number of hydrogen-bond donors (Lipinski definition) is 1. The van der Waals surface area contributed by atoms with Gasteiger partial charge in [-0.05, 0) is 0 Å². The lowest BCUT2D eigenvalue weighted by molar-refractivity contribution is -0.123. The Morgan fingerprint density at radius 1 is 1.60 bits per heavy atom. The minimum Gasteiger partial charge on any atom is -0.329 e. The number of nitrogens with zero attached hydrogens (tertiary/aromatic N) is 1. The molecule has 1 rings (SSSR count). The number of amides is 2. The van der Waals surface area contributed by atoms with E-state index in [4.69, 9.17) is 0 Å². The van der Waals surface area contributed by atoms with Crippen LogP contribution in [0.1, 0.15) is 6.92 Å². The zero-order chi connectivity index (χ0) is 11.5. The number of nitrogens with one attached hydrogen (secondary N) is 1. The van der Waals surface area contributed by atoms with E-state index in [1.165, 1.54) is 4.90 Å². The summed E-state index contributed by atoms with van der Waals surface area (Å²) >= 11 is 1.72. The number of rotatable bonds is 1. The van der Waals surface area contributed by atoms with Gasteiger partial charge in [0.1, 0.15) is 6.54 Å². The number of halogens is 3. The fourth-order valence-electron chi connectivity index (χ4n) is 1.29. The van der Waals surface area contributed by atoms with Crippen LogP contribution in [-0.4, -0.2) is 47.7 Å². The molecule has 1 saturated heterocycles. The molecule has 1 unspecified atom stereocenters. The van der Waals surface area contributed by atoms with Crippen molar-refractivity contribution in [3.63, 3.8) is 0 Å². The van der Waals surface area contributed by atoms with Gasteiger partial charge in [-0.15, -0.1) is 0 Å². The topological polar surface area (TPSA) is 32.3 Å². The number of carbonyl (C=O) groups is 1. The second kappa shape index (κ2) is 4.96. The first kappa shape index (κ1) is 12.5. The summed E-state index contributed by atoms with van der Waals surface area (Å²) in [5, 5.41) is 2.15. The van der Waals surface area contributed by atoms with Crippen molar-refractivity contribution in [2.24, 2.45) is 0 Å². The largest absolute Gasteiger partial charge is 0.405 e. The summed E-state index contributed by atoms with van der Waals surface area (Å²) in [6.45, 7) is 1.71. The van der Waals surface area contributed by atoms with Crippen LogP contribution in [0.25, 0.3) is 0 Å². The maximum absolute atomic E-state index is 11.8. The van der Waals surface area contributed by atoms with Gasteiger partial charge < -0.3 is 10.2 Å². The smallest absolute Gasteiger partial charge is 0.329 e. The lowest BCUT2D eigenvalue weighted by atomic mass is 10.4. The van der Waals surface area contributed by atoms with Gasteiger partial charge in [0.05, 0.1) is 0 Å². The molecule has 0 aromatic carbocycles. The molecule has 15 heavy (non-hydrogen) atoms. The molecule has 1 aliphatic heterocycles. The van der Waals surface area contributed by atoms with Crippen LogP contribution in [0.15, 0.2) is 0 Å². The van der Waals surface area contributed by atoms with E-state index in [1.807, 2.05) is 12.2 Å². The first-order valence-corrected chi connectivity index (χ1v) is 5.64. The Morgan fingerprint density at radius 2 is 2.27 bits per heavy atom. The molecule has 0 aromatic rings. The van der Waals surface area contributed by atoms with E-state index in [2.05, 4.69) is 0 Å². The van der Waals surface area contributed by atoms with Crippen LogP contribution in [-0.2, 0) is 0 Å². The molecule has 88 valence electrons. The predicted octanol–water partition coefficient (Wildman–Crippen LogP) is 1.70. The van der Waals surface area contributed by atoms with Crippen molar-refractivity contribution in [1.29, 1.82) is 0 Å². The Balaban J connectivity index is 2.33. The normalized spacial score (nSPS) is 22.7. The molecule has 1 heterocycles. The highest BCUT2D eigenvalue weighted by Crippen LogP contribution is 2.18. The quantitative estimate of drug-likeness (QED) is 0.759. The summed E-state index contributed by atoms with van der Waals surface area (Å²) in [6.07, 6.45) is -4.34. The highest BCUT2D eigenvalue weighted by atomic mass is 32.2. The van der Waals surface area contributed by atoms with Crippen molar-refractivity contribution >= 4 is 17.8 Å². The van der Waals surface area contributed by atoms with E-state index in [-0.39, 0.29) is 5.25 Å². The van der Waals surface area contributed by atoms with E-state index in [0.29, 0.717) is 13.1 Å². The fourth-order valence-corrected chi connectivity index (χ4v) is 2.30. The standard InChI is InChI=1S/C8H13F3N2OS/c1-6-4-13(2-3-15-6)7(14)12-5-8(9,10)11/h6H,2-5H2,1H3,(H,12,14). The van der Waals surface area contributed by atoms with Crippen molar-refractivity contribution in [1.82, 2.24) is 10.2 Å². The molecule has 7 heteroatoms. The van der Waals surface area contributed by atoms with E-state index in [9.17, 15) is 18.0 Å². The lowest BCUT2D eigenvalue weighted by Gasteiger charge is -2.30. The Labute approximate surface area is 90.4 Å². The summed E-state index contributed by atoms with van der Waals surface area (Å²) in [5.41, 5.74) is 0. The monoisotopic (exact) mass is 242 g/mol. The van der Waals surface area contributed by atoms with E-state index in [1.54, 1.807) is 11.8 Å². The zero-order valence-electron chi connectivity index (χ0n) is 8.30. The van der Waals surface area contributed by atoms with Crippen LogP contribution in [0.5, 0.6) is 0 Å². The maximum Gasteiger partial charge on any atom is 0.405 e. The zero-order valence-corrected chi connectivity index (χ0v) is 9.12. The van der Waals surface area contributed by atoms with Crippen molar-refractivity contribution in [3.8, 4) is 0 Å².